The van der Waals surface area contributed by atoms with Gasteiger partial charge in [-0.05, 0) is 55.4 Å². The van der Waals surface area contributed by atoms with E-state index >= 15 is 0 Å². The number of nitrogens with one attached hydrogen (secondary N) is 1. The Kier molecular flexibility index (Phi) is 7.76. The third-order valence-electron chi connectivity index (χ3n) is 3.60. The molecule has 0 aliphatic carbocycles. The van der Waals surface area contributed by atoms with Crippen LogP contribution in [0.3, 0.4) is 0 Å². The molecule has 1 atom stereocenters. The number of hydrogen-bond donors (Lipinski definition) is 2. The molecule has 2 heteroatoms. The van der Waals surface area contributed by atoms with Crippen LogP contribution in [-0.2, 0) is 12.8 Å². The lowest BCUT2D eigenvalue weighted by Gasteiger charge is -2.13. The zero-order valence-corrected chi connectivity index (χ0v) is 12.8. The summed E-state index contributed by atoms with van der Waals surface area (Å²) in [5, 5.41) is 3.50. The monoisotopic (exact) mass is 262 g/mol. The molecule has 1 aromatic carbocycles. The molecule has 0 aliphatic rings. The largest absolute Gasteiger partial charge is 0.330 e. The van der Waals surface area contributed by atoms with E-state index in [-0.39, 0.29) is 0 Å². The van der Waals surface area contributed by atoms with Gasteiger partial charge in [-0.3, -0.25) is 0 Å². The third-order valence-corrected chi connectivity index (χ3v) is 3.60. The normalized spacial score (nSPS) is 12.9. The third kappa shape index (κ3) is 6.74. The van der Waals surface area contributed by atoms with Crippen LogP contribution in [-0.4, -0.2) is 19.6 Å². The van der Waals surface area contributed by atoms with E-state index in [1.54, 1.807) is 0 Å². The van der Waals surface area contributed by atoms with Gasteiger partial charge in [0.05, 0.1) is 0 Å². The van der Waals surface area contributed by atoms with Crippen LogP contribution in [0.2, 0.25) is 0 Å². The Morgan fingerprint density at radius 2 is 1.74 bits per heavy atom. The lowest BCUT2D eigenvalue weighted by Crippen LogP contribution is -2.29. The van der Waals surface area contributed by atoms with Crippen molar-refractivity contribution < 1.29 is 0 Å². The van der Waals surface area contributed by atoms with Gasteiger partial charge in [-0.15, -0.1) is 0 Å². The highest BCUT2D eigenvalue weighted by atomic mass is 14.9. The zero-order chi connectivity index (χ0) is 14.1. The summed E-state index contributed by atoms with van der Waals surface area (Å²) in [4.78, 5) is 0. The van der Waals surface area contributed by atoms with Crippen molar-refractivity contribution >= 4 is 0 Å². The predicted octanol–water partition coefficient (Wildman–Crippen LogP) is 3.00. The molecule has 19 heavy (non-hydrogen) atoms. The zero-order valence-electron chi connectivity index (χ0n) is 12.8. The predicted molar refractivity (Wildman–Crippen MR) is 84.4 cm³/mol. The van der Waals surface area contributed by atoms with Gasteiger partial charge in [0.25, 0.3) is 0 Å². The minimum atomic E-state index is 0.619. The minimum absolute atomic E-state index is 0.619. The highest BCUT2D eigenvalue weighted by Gasteiger charge is 2.02. The van der Waals surface area contributed by atoms with E-state index in [2.05, 4.69) is 50.4 Å². The van der Waals surface area contributed by atoms with Crippen LogP contribution >= 0.6 is 0 Å². The van der Waals surface area contributed by atoms with Crippen LogP contribution in [0.1, 0.15) is 38.3 Å². The Balaban J connectivity index is 2.26. The first kappa shape index (κ1) is 16.2. The molecule has 108 valence electrons. The maximum absolute atomic E-state index is 5.69. The fourth-order valence-electron chi connectivity index (χ4n) is 2.25. The molecule has 1 unspecified atom stereocenters. The standard InChI is InChI=1S/C17H30N2/c1-4-15(12-18)13-19-10-9-16-5-7-17(8-6-16)11-14(2)3/h5-8,14-15,19H,4,9-13,18H2,1-3H3. The molecule has 0 aliphatic heterocycles. The second-order valence-electron chi connectivity index (χ2n) is 5.88. The number of rotatable bonds is 9. The van der Waals surface area contributed by atoms with Crippen molar-refractivity contribution in [1.82, 2.24) is 5.32 Å². The maximum atomic E-state index is 5.69. The summed E-state index contributed by atoms with van der Waals surface area (Å²) in [6.07, 6.45) is 3.43. The lowest BCUT2D eigenvalue weighted by atomic mass is 10.0. The summed E-state index contributed by atoms with van der Waals surface area (Å²) in [6, 6.07) is 9.06. The summed E-state index contributed by atoms with van der Waals surface area (Å²) in [6.45, 7) is 9.59. The van der Waals surface area contributed by atoms with Crippen molar-refractivity contribution in [1.29, 1.82) is 0 Å². The van der Waals surface area contributed by atoms with Gasteiger partial charge < -0.3 is 11.1 Å². The van der Waals surface area contributed by atoms with Gasteiger partial charge in [-0.2, -0.15) is 0 Å². The highest BCUT2D eigenvalue weighted by molar-refractivity contribution is 5.23. The molecule has 1 rings (SSSR count). The van der Waals surface area contributed by atoms with Gasteiger partial charge in [0.1, 0.15) is 0 Å². The van der Waals surface area contributed by atoms with Crippen LogP contribution in [0.15, 0.2) is 24.3 Å². The SMILES string of the molecule is CCC(CN)CNCCc1ccc(CC(C)C)cc1. The Hall–Kier alpha value is -0.860. The Morgan fingerprint density at radius 3 is 2.26 bits per heavy atom. The summed E-state index contributed by atoms with van der Waals surface area (Å²) in [5.41, 5.74) is 8.56. The van der Waals surface area contributed by atoms with E-state index in [9.17, 15) is 0 Å². The molecule has 3 N–H and O–H groups in total. The van der Waals surface area contributed by atoms with Crippen molar-refractivity contribution in [2.24, 2.45) is 17.6 Å². The van der Waals surface area contributed by atoms with E-state index in [1.807, 2.05) is 0 Å². The molecule has 1 aromatic rings. The molecule has 0 bridgehead atoms. The van der Waals surface area contributed by atoms with Gasteiger partial charge in [0, 0.05) is 0 Å². The molecular weight excluding hydrogens is 232 g/mol. The fourth-order valence-corrected chi connectivity index (χ4v) is 2.25. The van der Waals surface area contributed by atoms with Crippen LogP contribution < -0.4 is 11.1 Å². The Bertz CT molecular complexity index is 326. The molecule has 0 amide bonds. The maximum Gasteiger partial charge on any atom is -0.000823 e. The first-order valence-electron chi connectivity index (χ1n) is 7.64. The Morgan fingerprint density at radius 1 is 1.11 bits per heavy atom. The molecular formula is C17H30N2. The smallest absolute Gasteiger partial charge is 0.000823 e. The van der Waals surface area contributed by atoms with Gasteiger partial charge in [0.2, 0.25) is 0 Å². The molecule has 0 aromatic heterocycles. The second-order valence-corrected chi connectivity index (χ2v) is 5.88. The first-order chi connectivity index (χ1) is 9.15. The number of benzene rings is 1. The summed E-state index contributed by atoms with van der Waals surface area (Å²) >= 11 is 0. The van der Waals surface area contributed by atoms with E-state index in [4.69, 9.17) is 5.73 Å². The molecule has 0 fully saturated rings. The van der Waals surface area contributed by atoms with Crippen LogP contribution in [0.4, 0.5) is 0 Å². The average molecular weight is 262 g/mol. The van der Waals surface area contributed by atoms with E-state index in [0.29, 0.717) is 5.92 Å². The van der Waals surface area contributed by atoms with E-state index in [0.717, 1.165) is 38.4 Å². The first-order valence-corrected chi connectivity index (χ1v) is 7.64. The fraction of sp³-hybridized carbons (Fsp3) is 0.647. The molecule has 0 saturated heterocycles. The lowest BCUT2D eigenvalue weighted by molar-refractivity contribution is 0.474. The van der Waals surface area contributed by atoms with Gasteiger partial charge in [-0.25, -0.2) is 0 Å². The van der Waals surface area contributed by atoms with Crippen LogP contribution in [0.25, 0.3) is 0 Å². The van der Waals surface area contributed by atoms with Gasteiger partial charge in [-0.1, -0.05) is 51.5 Å². The van der Waals surface area contributed by atoms with Gasteiger partial charge >= 0.3 is 0 Å². The van der Waals surface area contributed by atoms with Crippen molar-refractivity contribution in [2.45, 2.75) is 40.0 Å². The van der Waals surface area contributed by atoms with Crippen LogP contribution in [0.5, 0.6) is 0 Å². The summed E-state index contributed by atoms with van der Waals surface area (Å²) in [5.74, 6) is 1.35. The molecule has 0 heterocycles. The quantitative estimate of drug-likeness (QED) is 0.671. The summed E-state index contributed by atoms with van der Waals surface area (Å²) < 4.78 is 0. The topological polar surface area (TPSA) is 38.0 Å². The van der Waals surface area contributed by atoms with E-state index in [1.165, 1.54) is 17.5 Å². The Labute approximate surface area is 118 Å². The number of hydrogen-bond acceptors (Lipinski definition) is 2. The minimum Gasteiger partial charge on any atom is -0.330 e. The molecule has 2 nitrogen and oxygen atoms in total. The summed E-state index contributed by atoms with van der Waals surface area (Å²) in [7, 11) is 0. The van der Waals surface area contributed by atoms with Crippen LogP contribution in [0, 0.1) is 11.8 Å². The van der Waals surface area contributed by atoms with Crippen molar-refractivity contribution in [3.8, 4) is 0 Å². The van der Waals surface area contributed by atoms with Crippen molar-refractivity contribution in [2.75, 3.05) is 19.6 Å². The van der Waals surface area contributed by atoms with Crippen molar-refractivity contribution in [3.63, 3.8) is 0 Å². The molecule has 0 radical (unpaired) electrons. The van der Waals surface area contributed by atoms with Crippen molar-refractivity contribution in [3.05, 3.63) is 35.4 Å². The molecule has 0 saturated carbocycles. The van der Waals surface area contributed by atoms with Gasteiger partial charge in [0.15, 0.2) is 0 Å². The average Bonchev–Trinajstić information content (AvgIpc) is 2.40. The van der Waals surface area contributed by atoms with E-state index < -0.39 is 0 Å². The number of nitrogens with two attached hydrogens (primary N) is 1. The second kappa shape index (κ2) is 9.11. The highest BCUT2D eigenvalue weighted by Crippen LogP contribution is 2.10. The molecule has 0 spiro atoms.